The fourth-order valence-corrected chi connectivity index (χ4v) is 5.46. The van der Waals surface area contributed by atoms with Crippen molar-refractivity contribution in [3.63, 3.8) is 0 Å². The molecule has 18 heavy (non-hydrogen) atoms. The average Bonchev–Trinajstić information content (AvgIpc) is 2.75. The Hall–Kier alpha value is -1.12. The molecule has 2 atom stereocenters. The molecule has 1 aromatic rings. The van der Waals surface area contributed by atoms with E-state index < -0.39 is 5.97 Å². The summed E-state index contributed by atoms with van der Waals surface area (Å²) in [5.74, 6) is -0.418. The topological polar surface area (TPSA) is 54.4 Å². The summed E-state index contributed by atoms with van der Waals surface area (Å²) in [5, 5.41) is 9.01. The minimum atomic E-state index is -0.755. The summed E-state index contributed by atoms with van der Waals surface area (Å²) in [4.78, 5) is 22.8. The van der Waals surface area contributed by atoms with Crippen molar-refractivity contribution < 1.29 is 14.7 Å². The number of aliphatic carboxylic acids is 1. The average molecular weight is 311 g/mol. The Balaban J connectivity index is 2.06. The van der Waals surface area contributed by atoms with Crippen molar-refractivity contribution in [2.75, 3.05) is 0 Å². The van der Waals surface area contributed by atoms with Crippen LogP contribution in [0.1, 0.15) is 36.1 Å². The number of hydrogen-bond acceptors (Lipinski definition) is 2. The maximum atomic E-state index is 11.3. The number of benzene rings is 1. The number of rotatable bonds is 5. The van der Waals surface area contributed by atoms with E-state index in [2.05, 4.69) is 0 Å². The van der Waals surface area contributed by atoms with Gasteiger partial charge in [0, 0.05) is 0 Å². The van der Waals surface area contributed by atoms with Crippen LogP contribution < -0.4 is 0 Å². The van der Waals surface area contributed by atoms with Gasteiger partial charge in [-0.1, -0.05) is 0 Å². The van der Waals surface area contributed by atoms with E-state index in [9.17, 15) is 9.59 Å². The Kier molecular flexibility index (Phi) is 4.56. The second-order valence-corrected chi connectivity index (χ2v) is 7.70. The molecule has 2 unspecified atom stereocenters. The summed E-state index contributed by atoms with van der Waals surface area (Å²) in [7, 11) is 0. The van der Waals surface area contributed by atoms with Gasteiger partial charge < -0.3 is 0 Å². The molecular formula is C14H16O3Se. The standard InChI is InChI=1S/C14H16O3Se/c15-11-6-7-12(8-11)18-13(9-14(16)17)10-4-2-1-3-5-10/h1-5,12-13H,6-9H2,(H,16,17). The molecule has 1 fully saturated rings. The molecule has 1 aliphatic rings. The molecule has 0 spiro atoms. The van der Waals surface area contributed by atoms with E-state index in [1.54, 1.807) is 0 Å². The van der Waals surface area contributed by atoms with E-state index in [4.69, 9.17) is 5.11 Å². The Labute approximate surface area is 113 Å². The van der Waals surface area contributed by atoms with Crippen molar-refractivity contribution in [3.8, 4) is 0 Å². The maximum absolute atomic E-state index is 11.3. The monoisotopic (exact) mass is 312 g/mol. The predicted octanol–water partition coefficient (Wildman–Crippen LogP) is 2.45. The molecular weight excluding hydrogens is 295 g/mol. The predicted molar refractivity (Wildman–Crippen MR) is 69.8 cm³/mol. The van der Waals surface area contributed by atoms with Gasteiger partial charge in [0.15, 0.2) is 0 Å². The van der Waals surface area contributed by atoms with Crippen molar-refractivity contribution in [1.82, 2.24) is 0 Å². The summed E-state index contributed by atoms with van der Waals surface area (Å²) in [6.07, 6.45) is 2.46. The Morgan fingerprint density at radius 2 is 2.11 bits per heavy atom. The van der Waals surface area contributed by atoms with Gasteiger partial charge in [0.1, 0.15) is 0 Å². The van der Waals surface area contributed by atoms with Gasteiger partial charge in [-0.05, 0) is 0 Å². The van der Waals surface area contributed by atoms with Crippen LogP contribution in [-0.2, 0) is 9.59 Å². The molecule has 0 amide bonds. The molecule has 1 aliphatic carbocycles. The number of carboxylic acid groups (broad SMARTS) is 1. The molecule has 4 heteroatoms. The summed E-state index contributed by atoms with van der Waals surface area (Å²) in [6, 6.07) is 9.81. The van der Waals surface area contributed by atoms with Gasteiger partial charge in [-0.15, -0.1) is 0 Å². The molecule has 0 aliphatic heterocycles. The first-order chi connectivity index (χ1) is 8.65. The molecule has 0 saturated heterocycles. The quantitative estimate of drug-likeness (QED) is 0.850. The van der Waals surface area contributed by atoms with Crippen LogP contribution in [0, 0.1) is 0 Å². The third-order valence-electron chi connectivity index (χ3n) is 3.09. The molecule has 0 aromatic heterocycles. The van der Waals surface area contributed by atoms with Crippen molar-refractivity contribution in [3.05, 3.63) is 35.9 Å². The zero-order chi connectivity index (χ0) is 13.0. The molecule has 1 saturated carbocycles. The van der Waals surface area contributed by atoms with Crippen LogP contribution in [0.2, 0.25) is 4.82 Å². The van der Waals surface area contributed by atoms with Crippen molar-refractivity contribution in [2.45, 2.75) is 35.3 Å². The van der Waals surface area contributed by atoms with Gasteiger partial charge in [-0.25, -0.2) is 0 Å². The van der Waals surface area contributed by atoms with Crippen molar-refractivity contribution in [1.29, 1.82) is 0 Å². The molecule has 1 N–H and O–H groups in total. The summed E-state index contributed by atoms with van der Waals surface area (Å²) in [5.41, 5.74) is 1.10. The second-order valence-electron chi connectivity index (χ2n) is 4.54. The minimum absolute atomic E-state index is 0.0899. The Morgan fingerprint density at radius 3 is 2.67 bits per heavy atom. The van der Waals surface area contributed by atoms with Gasteiger partial charge >= 0.3 is 113 Å². The summed E-state index contributed by atoms with van der Waals surface area (Å²) in [6.45, 7) is 0. The van der Waals surface area contributed by atoms with Crippen LogP contribution in [0.5, 0.6) is 0 Å². The third kappa shape index (κ3) is 3.69. The molecule has 96 valence electrons. The zero-order valence-corrected chi connectivity index (χ0v) is 11.8. The molecule has 1 aromatic carbocycles. The molecule has 2 rings (SSSR count). The number of carboxylic acids is 1. The number of hydrogen-bond donors (Lipinski definition) is 1. The van der Waals surface area contributed by atoms with Crippen LogP contribution in [0.15, 0.2) is 30.3 Å². The zero-order valence-electron chi connectivity index (χ0n) is 10.0. The van der Waals surface area contributed by atoms with Crippen LogP contribution in [0.3, 0.4) is 0 Å². The van der Waals surface area contributed by atoms with Gasteiger partial charge in [0.25, 0.3) is 0 Å². The SMILES string of the molecule is O=C(O)CC([Se]C1CCC(=O)C1)c1ccccc1. The number of ketones is 1. The molecule has 0 bridgehead atoms. The molecule has 3 nitrogen and oxygen atoms in total. The van der Waals surface area contributed by atoms with Crippen LogP contribution in [-0.4, -0.2) is 31.8 Å². The van der Waals surface area contributed by atoms with E-state index >= 15 is 0 Å². The van der Waals surface area contributed by atoms with Crippen molar-refractivity contribution >= 4 is 26.7 Å². The van der Waals surface area contributed by atoms with Crippen molar-refractivity contribution in [2.24, 2.45) is 0 Å². The van der Waals surface area contributed by atoms with Crippen LogP contribution in [0.25, 0.3) is 0 Å². The van der Waals surface area contributed by atoms with Crippen LogP contribution in [0.4, 0.5) is 0 Å². The molecule has 0 heterocycles. The molecule has 0 radical (unpaired) electrons. The number of carbonyl (C=O) groups excluding carboxylic acids is 1. The van der Waals surface area contributed by atoms with E-state index in [0.29, 0.717) is 23.4 Å². The normalized spacial score (nSPS) is 20.9. The summed E-state index contributed by atoms with van der Waals surface area (Å²) >= 11 is 0.186. The Morgan fingerprint density at radius 1 is 1.39 bits per heavy atom. The number of carbonyl (C=O) groups is 2. The van der Waals surface area contributed by atoms with Gasteiger partial charge in [0.05, 0.1) is 0 Å². The first kappa shape index (κ1) is 13.3. The van der Waals surface area contributed by atoms with E-state index in [1.165, 1.54) is 0 Å². The Bertz CT molecular complexity index is 430. The second kappa shape index (κ2) is 6.17. The fraction of sp³-hybridized carbons (Fsp3) is 0.429. The van der Waals surface area contributed by atoms with Gasteiger partial charge in [0.2, 0.25) is 0 Å². The fourth-order valence-electron chi connectivity index (χ4n) is 2.20. The first-order valence-corrected chi connectivity index (χ1v) is 8.07. The first-order valence-electron chi connectivity index (χ1n) is 6.09. The third-order valence-corrected chi connectivity index (χ3v) is 6.35. The van der Waals surface area contributed by atoms with E-state index in [-0.39, 0.29) is 26.2 Å². The van der Waals surface area contributed by atoms with Gasteiger partial charge in [-0.3, -0.25) is 0 Å². The summed E-state index contributed by atoms with van der Waals surface area (Å²) < 4.78 is 0. The van der Waals surface area contributed by atoms with E-state index in [1.807, 2.05) is 30.3 Å². The van der Waals surface area contributed by atoms with E-state index in [0.717, 1.165) is 12.0 Å². The van der Waals surface area contributed by atoms with Crippen LogP contribution >= 0.6 is 0 Å². The number of Topliss-reactive ketones (excluding diaryl/α,β-unsaturated/α-hetero) is 1. The van der Waals surface area contributed by atoms with Gasteiger partial charge in [-0.2, -0.15) is 0 Å².